The summed E-state index contributed by atoms with van der Waals surface area (Å²) in [5, 5.41) is 3.48. The van der Waals surface area contributed by atoms with Crippen molar-refractivity contribution < 1.29 is 9.47 Å². The summed E-state index contributed by atoms with van der Waals surface area (Å²) in [4.78, 5) is 6.75. The molecule has 5 nitrogen and oxygen atoms in total. The standard InChI is InChI=1S/C22H25N3O2/c1-23-22(24-12-9-17-7-8-20-21(15-17)27-16-26-20)25-13-10-19(11-14-25)18-5-3-2-4-6-18/h2-8,10,15H,9,11-14,16H2,1H3,(H,23,24). The smallest absolute Gasteiger partial charge is 0.231 e. The zero-order chi connectivity index (χ0) is 18.5. The van der Waals surface area contributed by atoms with Crippen molar-refractivity contribution in [2.24, 2.45) is 4.99 Å². The maximum absolute atomic E-state index is 5.45. The average molecular weight is 363 g/mol. The topological polar surface area (TPSA) is 46.1 Å². The van der Waals surface area contributed by atoms with Gasteiger partial charge in [-0.25, -0.2) is 0 Å². The number of nitrogens with zero attached hydrogens (tertiary/aromatic N) is 2. The molecule has 0 fully saturated rings. The van der Waals surface area contributed by atoms with E-state index >= 15 is 0 Å². The van der Waals surface area contributed by atoms with Crippen LogP contribution in [0.4, 0.5) is 0 Å². The third-order valence-corrected chi connectivity index (χ3v) is 5.00. The highest BCUT2D eigenvalue weighted by Gasteiger charge is 2.16. The number of rotatable bonds is 4. The van der Waals surface area contributed by atoms with Gasteiger partial charge in [-0.3, -0.25) is 4.99 Å². The summed E-state index contributed by atoms with van der Waals surface area (Å²) in [7, 11) is 1.85. The van der Waals surface area contributed by atoms with E-state index in [0.717, 1.165) is 49.9 Å². The molecule has 0 amide bonds. The SMILES string of the molecule is CN=C(NCCc1ccc2c(c1)OCO2)N1CC=C(c2ccccc2)CC1. The number of hydrogen-bond donors (Lipinski definition) is 1. The van der Waals surface area contributed by atoms with E-state index in [2.05, 4.69) is 63.7 Å². The summed E-state index contributed by atoms with van der Waals surface area (Å²) in [5.74, 6) is 2.63. The summed E-state index contributed by atoms with van der Waals surface area (Å²) < 4.78 is 10.8. The van der Waals surface area contributed by atoms with E-state index in [4.69, 9.17) is 9.47 Å². The number of fused-ring (bicyclic) bond motifs is 1. The van der Waals surface area contributed by atoms with Crippen molar-refractivity contribution in [1.82, 2.24) is 10.2 Å². The third kappa shape index (κ3) is 4.08. The first-order chi connectivity index (χ1) is 13.3. The first kappa shape index (κ1) is 17.5. The summed E-state index contributed by atoms with van der Waals surface area (Å²) in [6, 6.07) is 16.7. The van der Waals surface area contributed by atoms with Crippen LogP contribution in [0.1, 0.15) is 17.5 Å². The molecule has 0 aromatic heterocycles. The normalized spacial score (nSPS) is 16.3. The second-order valence-electron chi connectivity index (χ2n) is 6.70. The predicted molar refractivity (Wildman–Crippen MR) is 108 cm³/mol. The third-order valence-electron chi connectivity index (χ3n) is 5.00. The second kappa shape index (κ2) is 8.16. The van der Waals surface area contributed by atoms with Crippen LogP contribution in [0.2, 0.25) is 0 Å². The fraction of sp³-hybridized carbons (Fsp3) is 0.318. The first-order valence-corrected chi connectivity index (χ1v) is 9.42. The minimum Gasteiger partial charge on any atom is -0.454 e. The Labute approximate surface area is 160 Å². The van der Waals surface area contributed by atoms with E-state index < -0.39 is 0 Å². The Morgan fingerprint density at radius 1 is 1.11 bits per heavy atom. The van der Waals surface area contributed by atoms with Gasteiger partial charge in [0.25, 0.3) is 0 Å². The minimum atomic E-state index is 0.317. The summed E-state index contributed by atoms with van der Waals surface area (Å²) in [5.41, 5.74) is 3.97. The molecule has 0 aliphatic carbocycles. The Bertz CT molecular complexity index is 846. The van der Waals surface area contributed by atoms with Crippen molar-refractivity contribution in [3.05, 3.63) is 65.7 Å². The van der Waals surface area contributed by atoms with Gasteiger partial charge in [0, 0.05) is 26.7 Å². The van der Waals surface area contributed by atoms with Gasteiger partial charge in [0.1, 0.15) is 0 Å². The van der Waals surface area contributed by atoms with Gasteiger partial charge in [-0.15, -0.1) is 0 Å². The molecule has 0 atom stereocenters. The number of ether oxygens (including phenoxy) is 2. The van der Waals surface area contributed by atoms with E-state index in [-0.39, 0.29) is 0 Å². The highest BCUT2D eigenvalue weighted by molar-refractivity contribution is 5.81. The van der Waals surface area contributed by atoms with Crippen LogP contribution in [0.3, 0.4) is 0 Å². The highest BCUT2D eigenvalue weighted by atomic mass is 16.7. The molecule has 2 aromatic rings. The molecule has 2 aromatic carbocycles. The molecule has 0 bridgehead atoms. The Hall–Kier alpha value is -2.95. The zero-order valence-electron chi connectivity index (χ0n) is 15.6. The number of nitrogens with one attached hydrogen (secondary N) is 1. The summed E-state index contributed by atoms with van der Waals surface area (Å²) in [6.07, 6.45) is 4.25. The number of guanidine groups is 1. The fourth-order valence-electron chi connectivity index (χ4n) is 3.52. The molecule has 0 unspecified atom stereocenters. The fourth-order valence-corrected chi connectivity index (χ4v) is 3.52. The molecule has 0 radical (unpaired) electrons. The number of hydrogen-bond acceptors (Lipinski definition) is 3. The molecule has 140 valence electrons. The molecule has 4 rings (SSSR count). The van der Waals surface area contributed by atoms with Crippen LogP contribution in [0.15, 0.2) is 59.6 Å². The van der Waals surface area contributed by atoms with Crippen molar-refractivity contribution in [3.63, 3.8) is 0 Å². The lowest BCUT2D eigenvalue weighted by atomic mass is 10.00. The van der Waals surface area contributed by atoms with E-state index in [9.17, 15) is 0 Å². The monoisotopic (exact) mass is 363 g/mol. The Kier molecular flexibility index (Phi) is 5.28. The van der Waals surface area contributed by atoms with Crippen LogP contribution < -0.4 is 14.8 Å². The zero-order valence-corrected chi connectivity index (χ0v) is 15.6. The van der Waals surface area contributed by atoms with Gasteiger partial charge in [0.15, 0.2) is 17.5 Å². The molecule has 0 saturated heterocycles. The molecule has 2 aliphatic heterocycles. The lowest BCUT2D eigenvalue weighted by Crippen LogP contribution is -2.44. The molecule has 1 N–H and O–H groups in total. The molecule has 0 saturated carbocycles. The first-order valence-electron chi connectivity index (χ1n) is 9.42. The molecule has 2 heterocycles. The number of benzene rings is 2. The molecule has 2 aliphatic rings. The van der Waals surface area contributed by atoms with Gasteiger partial charge < -0.3 is 19.7 Å². The Balaban J connectivity index is 1.30. The van der Waals surface area contributed by atoms with Gasteiger partial charge in [-0.05, 0) is 41.7 Å². The largest absolute Gasteiger partial charge is 0.454 e. The molecule has 5 heteroatoms. The van der Waals surface area contributed by atoms with E-state index in [1.165, 1.54) is 16.7 Å². The van der Waals surface area contributed by atoms with Crippen LogP contribution >= 0.6 is 0 Å². The van der Waals surface area contributed by atoms with Gasteiger partial charge >= 0.3 is 0 Å². The van der Waals surface area contributed by atoms with Crippen LogP contribution in [-0.4, -0.2) is 44.3 Å². The van der Waals surface area contributed by atoms with Gasteiger partial charge in [-0.1, -0.05) is 42.5 Å². The van der Waals surface area contributed by atoms with E-state index in [1.54, 1.807) is 0 Å². The average Bonchev–Trinajstić information content (AvgIpc) is 3.20. The maximum Gasteiger partial charge on any atom is 0.231 e. The molecule has 27 heavy (non-hydrogen) atoms. The molecular formula is C22H25N3O2. The molecular weight excluding hydrogens is 338 g/mol. The Morgan fingerprint density at radius 2 is 1.96 bits per heavy atom. The maximum atomic E-state index is 5.45. The van der Waals surface area contributed by atoms with E-state index in [0.29, 0.717) is 6.79 Å². The quantitative estimate of drug-likeness (QED) is 0.669. The Morgan fingerprint density at radius 3 is 2.74 bits per heavy atom. The van der Waals surface area contributed by atoms with Crippen molar-refractivity contribution in [2.75, 3.05) is 33.5 Å². The predicted octanol–water partition coefficient (Wildman–Crippen LogP) is 3.32. The van der Waals surface area contributed by atoms with Gasteiger partial charge in [0.05, 0.1) is 0 Å². The van der Waals surface area contributed by atoms with Gasteiger partial charge in [0.2, 0.25) is 6.79 Å². The van der Waals surface area contributed by atoms with Crippen LogP contribution in [0.25, 0.3) is 5.57 Å². The van der Waals surface area contributed by atoms with Gasteiger partial charge in [-0.2, -0.15) is 0 Å². The van der Waals surface area contributed by atoms with Crippen molar-refractivity contribution in [3.8, 4) is 11.5 Å². The minimum absolute atomic E-state index is 0.317. The van der Waals surface area contributed by atoms with Crippen molar-refractivity contribution in [1.29, 1.82) is 0 Å². The number of aliphatic imine (C=N–C) groups is 1. The van der Waals surface area contributed by atoms with Crippen LogP contribution in [-0.2, 0) is 6.42 Å². The second-order valence-corrected chi connectivity index (χ2v) is 6.70. The summed E-state index contributed by atoms with van der Waals surface area (Å²) >= 11 is 0. The lowest BCUT2D eigenvalue weighted by molar-refractivity contribution is 0.174. The lowest BCUT2D eigenvalue weighted by Gasteiger charge is -2.29. The summed E-state index contributed by atoms with van der Waals surface area (Å²) in [6.45, 7) is 3.01. The van der Waals surface area contributed by atoms with Crippen LogP contribution in [0.5, 0.6) is 11.5 Å². The van der Waals surface area contributed by atoms with Crippen molar-refractivity contribution in [2.45, 2.75) is 12.8 Å². The van der Waals surface area contributed by atoms with E-state index in [1.807, 2.05) is 13.1 Å². The van der Waals surface area contributed by atoms with Crippen LogP contribution in [0, 0.1) is 0 Å². The van der Waals surface area contributed by atoms with Crippen molar-refractivity contribution >= 4 is 11.5 Å². The highest BCUT2D eigenvalue weighted by Crippen LogP contribution is 2.32. The molecule has 0 spiro atoms.